The molecule has 4 aromatic rings. The number of nitrogens with one attached hydrogen (secondary N) is 2. The van der Waals surface area contributed by atoms with Gasteiger partial charge in [0.1, 0.15) is 17.5 Å². The first-order valence-corrected chi connectivity index (χ1v) is 9.04. The van der Waals surface area contributed by atoms with Gasteiger partial charge in [-0.3, -0.25) is 9.36 Å². The summed E-state index contributed by atoms with van der Waals surface area (Å²) in [6.07, 6.45) is 0. The van der Waals surface area contributed by atoms with Gasteiger partial charge in [0.25, 0.3) is 5.56 Å². The van der Waals surface area contributed by atoms with E-state index in [1.807, 2.05) is 6.07 Å². The Labute approximate surface area is 169 Å². The zero-order valence-corrected chi connectivity index (χ0v) is 15.8. The third-order valence-corrected chi connectivity index (χ3v) is 4.51. The summed E-state index contributed by atoms with van der Waals surface area (Å²) in [5.41, 5.74) is 1.31. The van der Waals surface area contributed by atoms with Gasteiger partial charge < -0.3 is 10.6 Å². The molecular formula is C22H16F2N4O2. The summed E-state index contributed by atoms with van der Waals surface area (Å²) in [7, 11) is 0. The van der Waals surface area contributed by atoms with Crippen LogP contribution in [0, 0.1) is 18.6 Å². The maximum atomic E-state index is 13.7. The number of halogens is 2. The predicted molar refractivity (Wildman–Crippen MR) is 111 cm³/mol. The summed E-state index contributed by atoms with van der Waals surface area (Å²) < 4.78 is 28.1. The van der Waals surface area contributed by atoms with E-state index in [0.29, 0.717) is 34.2 Å². The molecule has 30 heavy (non-hydrogen) atoms. The minimum atomic E-state index is -0.876. The summed E-state index contributed by atoms with van der Waals surface area (Å²) in [5.74, 6) is -1.08. The normalized spacial score (nSPS) is 10.8. The van der Waals surface area contributed by atoms with Crippen LogP contribution in [-0.4, -0.2) is 15.6 Å². The first kappa shape index (κ1) is 19.3. The highest BCUT2D eigenvalue weighted by Gasteiger charge is 2.11. The van der Waals surface area contributed by atoms with Crippen LogP contribution in [0.1, 0.15) is 5.82 Å². The summed E-state index contributed by atoms with van der Waals surface area (Å²) >= 11 is 0. The third kappa shape index (κ3) is 3.75. The third-order valence-electron chi connectivity index (χ3n) is 4.51. The number of hydrogen-bond donors (Lipinski definition) is 2. The fraction of sp³-hybridized carbons (Fsp3) is 0.0455. The van der Waals surface area contributed by atoms with Gasteiger partial charge in [-0.1, -0.05) is 12.1 Å². The fourth-order valence-corrected chi connectivity index (χ4v) is 3.12. The molecule has 2 amide bonds. The van der Waals surface area contributed by atoms with Crippen molar-refractivity contribution in [3.63, 3.8) is 0 Å². The van der Waals surface area contributed by atoms with Crippen LogP contribution in [0.2, 0.25) is 0 Å². The Hall–Kier alpha value is -4.07. The lowest BCUT2D eigenvalue weighted by atomic mass is 10.2. The number of aromatic nitrogens is 2. The lowest BCUT2D eigenvalue weighted by Gasteiger charge is -2.12. The zero-order chi connectivity index (χ0) is 21.3. The first-order chi connectivity index (χ1) is 14.4. The number of benzene rings is 3. The molecule has 0 atom stereocenters. The van der Waals surface area contributed by atoms with E-state index in [1.165, 1.54) is 4.57 Å². The first-order valence-electron chi connectivity index (χ1n) is 9.04. The van der Waals surface area contributed by atoms with Gasteiger partial charge in [-0.05, 0) is 55.5 Å². The fourth-order valence-electron chi connectivity index (χ4n) is 3.12. The van der Waals surface area contributed by atoms with Crippen LogP contribution in [-0.2, 0) is 0 Å². The van der Waals surface area contributed by atoms with Crippen molar-refractivity contribution in [3.05, 3.63) is 94.5 Å². The molecule has 1 heterocycles. The molecule has 2 N–H and O–H groups in total. The van der Waals surface area contributed by atoms with E-state index in [4.69, 9.17) is 0 Å². The van der Waals surface area contributed by atoms with Gasteiger partial charge in [0.2, 0.25) is 0 Å². The van der Waals surface area contributed by atoms with E-state index >= 15 is 0 Å². The second kappa shape index (κ2) is 7.75. The lowest BCUT2D eigenvalue weighted by Crippen LogP contribution is -2.22. The number of amides is 2. The van der Waals surface area contributed by atoms with Crippen molar-refractivity contribution in [2.75, 3.05) is 10.6 Å². The van der Waals surface area contributed by atoms with E-state index in [1.54, 1.807) is 49.4 Å². The van der Waals surface area contributed by atoms with Crippen molar-refractivity contribution in [2.45, 2.75) is 6.92 Å². The smallest absolute Gasteiger partial charge is 0.308 e. The molecule has 6 nitrogen and oxygen atoms in total. The summed E-state index contributed by atoms with van der Waals surface area (Å²) in [5, 5.41) is 5.38. The number of carbonyl (C=O) groups is 1. The molecule has 4 rings (SSSR count). The van der Waals surface area contributed by atoms with E-state index in [-0.39, 0.29) is 11.2 Å². The highest BCUT2D eigenvalue weighted by molar-refractivity contribution is 5.99. The van der Waals surface area contributed by atoms with Crippen LogP contribution in [0.3, 0.4) is 0 Å². The molecule has 3 aromatic carbocycles. The highest BCUT2D eigenvalue weighted by atomic mass is 19.1. The van der Waals surface area contributed by atoms with Crippen molar-refractivity contribution < 1.29 is 13.6 Å². The van der Waals surface area contributed by atoms with Gasteiger partial charge >= 0.3 is 6.03 Å². The number of urea groups is 1. The highest BCUT2D eigenvalue weighted by Crippen LogP contribution is 2.18. The van der Waals surface area contributed by atoms with Crippen LogP contribution in [0.4, 0.5) is 25.0 Å². The van der Waals surface area contributed by atoms with Crippen molar-refractivity contribution in [1.29, 1.82) is 0 Å². The molecule has 0 bridgehead atoms. The molecule has 150 valence electrons. The molecule has 0 fully saturated rings. The average Bonchev–Trinajstić information content (AvgIpc) is 2.71. The average molecular weight is 406 g/mol. The molecule has 0 unspecified atom stereocenters. The number of aryl methyl sites for hydroxylation is 1. The van der Waals surface area contributed by atoms with Gasteiger partial charge in [-0.25, -0.2) is 18.6 Å². The van der Waals surface area contributed by atoms with E-state index < -0.39 is 17.7 Å². The molecule has 1 aromatic heterocycles. The maximum Gasteiger partial charge on any atom is 0.323 e. The molecule has 0 saturated heterocycles. The van der Waals surface area contributed by atoms with Crippen molar-refractivity contribution in [3.8, 4) is 5.69 Å². The standard InChI is InChI=1S/C22H16F2N4O2/c1-13-25-19-5-3-2-4-17(19)21(29)28(13)16-9-7-15(8-10-16)26-22(30)27-20-11-6-14(23)12-18(20)24/h2-12H,1H3,(H2,26,27,30). The summed E-state index contributed by atoms with van der Waals surface area (Å²) in [6.45, 7) is 1.74. The Bertz CT molecular complexity index is 1320. The Kier molecular flexibility index (Phi) is 4.97. The molecule has 0 spiro atoms. The molecule has 0 saturated carbocycles. The minimum absolute atomic E-state index is 0.144. The van der Waals surface area contributed by atoms with Crippen molar-refractivity contribution in [2.24, 2.45) is 0 Å². The minimum Gasteiger partial charge on any atom is -0.308 e. The quantitative estimate of drug-likeness (QED) is 0.521. The number of nitrogens with zero attached hydrogens (tertiary/aromatic N) is 2. The van der Waals surface area contributed by atoms with Gasteiger partial charge in [0.15, 0.2) is 0 Å². The number of rotatable bonds is 3. The van der Waals surface area contributed by atoms with E-state index in [9.17, 15) is 18.4 Å². The van der Waals surface area contributed by atoms with Gasteiger partial charge in [-0.2, -0.15) is 0 Å². The maximum absolute atomic E-state index is 13.7. The Balaban J connectivity index is 1.55. The van der Waals surface area contributed by atoms with Crippen LogP contribution in [0.25, 0.3) is 16.6 Å². The Morgan fingerprint density at radius 1 is 0.967 bits per heavy atom. The van der Waals surface area contributed by atoms with Crippen LogP contribution >= 0.6 is 0 Å². The summed E-state index contributed by atoms with van der Waals surface area (Å²) in [6, 6.07) is 15.8. The van der Waals surface area contributed by atoms with Gasteiger partial charge in [0.05, 0.1) is 22.3 Å². The number of carbonyl (C=O) groups excluding carboxylic acids is 1. The number of hydrogen-bond acceptors (Lipinski definition) is 3. The molecule has 0 aliphatic heterocycles. The lowest BCUT2D eigenvalue weighted by molar-refractivity contribution is 0.262. The molecule has 0 aliphatic carbocycles. The predicted octanol–water partition coefficient (Wildman–Crippen LogP) is 4.62. The number of anilines is 2. The number of fused-ring (bicyclic) bond motifs is 1. The summed E-state index contributed by atoms with van der Waals surface area (Å²) in [4.78, 5) is 29.4. The monoisotopic (exact) mass is 406 g/mol. The van der Waals surface area contributed by atoms with Gasteiger partial charge in [0, 0.05) is 11.8 Å². The molecule has 0 aliphatic rings. The largest absolute Gasteiger partial charge is 0.323 e. The molecular weight excluding hydrogens is 390 g/mol. The topological polar surface area (TPSA) is 76.0 Å². The number of para-hydroxylation sites is 1. The zero-order valence-electron chi connectivity index (χ0n) is 15.8. The Morgan fingerprint density at radius 2 is 1.70 bits per heavy atom. The van der Waals surface area contributed by atoms with Crippen molar-refractivity contribution >= 4 is 28.3 Å². The van der Waals surface area contributed by atoms with Crippen LogP contribution in [0.5, 0.6) is 0 Å². The second-order valence-electron chi connectivity index (χ2n) is 6.57. The van der Waals surface area contributed by atoms with E-state index in [2.05, 4.69) is 15.6 Å². The molecule has 0 radical (unpaired) electrons. The molecule has 8 heteroatoms. The van der Waals surface area contributed by atoms with Crippen LogP contribution in [0.15, 0.2) is 71.5 Å². The van der Waals surface area contributed by atoms with Crippen molar-refractivity contribution in [1.82, 2.24) is 9.55 Å². The SMILES string of the molecule is Cc1nc2ccccc2c(=O)n1-c1ccc(NC(=O)Nc2ccc(F)cc2F)cc1. The van der Waals surface area contributed by atoms with E-state index in [0.717, 1.165) is 12.1 Å². The van der Waals surface area contributed by atoms with Crippen LogP contribution < -0.4 is 16.2 Å². The second-order valence-corrected chi connectivity index (χ2v) is 6.57. The van der Waals surface area contributed by atoms with Gasteiger partial charge in [-0.15, -0.1) is 0 Å². The Morgan fingerprint density at radius 3 is 2.43 bits per heavy atom.